The van der Waals surface area contributed by atoms with Crippen molar-refractivity contribution < 1.29 is 14.3 Å². The van der Waals surface area contributed by atoms with Crippen molar-refractivity contribution in [3.05, 3.63) is 60.4 Å². The number of nitrogens with zero attached hydrogens (tertiary/aromatic N) is 2. The number of hydrogen-bond acceptors (Lipinski definition) is 4. The van der Waals surface area contributed by atoms with Gasteiger partial charge in [0.25, 0.3) is 0 Å². The molecule has 1 aromatic heterocycles. The van der Waals surface area contributed by atoms with Crippen LogP contribution in [0.1, 0.15) is 10.5 Å². The Balaban J connectivity index is 2.21. The van der Waals surface area contributed by atoms with Crippen molar-refractivity contribution in [2.24, 2.45) is 0 Å². The molecule has 102 valence electrons. The summed E-state index contributed by atoms with van der Waals surface area (Å²) in [5.41, 5.74) is 0.918. The van der Waals surface area contributed by atoms with Crippen molar-refractivity contribution in [1.82, 2.24) is 4.98 Å². The Hall–Kier alpha value is -2.69. The fraction of sp³-hybridized carbons (Fsp3) is 0.133. The minimum Gasteiger partial charge on any atom is -0.452 e. The number of Topliss-reactive ketones (excluding diaryl/α,β-unsaturated/α-hetero) is 1. The third-order valence-corrected chi connectivity index (χ3v) is 2.72. The van der Waals surface area contributed by atoms with Gasteiger partial charge >= 0.3 is 6.09 Å². The normalized spacial score (nSPS) is 9.85. The number of methoxy groups -OCH3 is 1. The van der Waals surface area contributed by atoms with Crippen LogP contribution in [0.3, 0.4) is 0 Å². The molecular formula is C15H14N2O3. The first-order valence-corrected chi connectivity index (χ1v) is 6.07. The smallest absolute Gasteiger partial charge is 0.414 e. The van der Waals surface area contributed by atoms with Gasteiger partial charge in [0.15, 0.2) is 0 Å². The van der Waals surface area contributed by atoms with Crippen LogP contribution in [0.15, 0.2) is 54.7 Å². The molecule has 0 fully saturated rings. The predicted molar refractivity (Wildman–Crippen MR) is 74.8 cm³/mol. The van der Waals surface area contributed by atoms with Gasteiger partial charge in [-0.25, -0.2) is 4.79 Å². The Morgan fingerprint density at radius 2 is 1.80 bits per heavy atom. The molecule has 1 amide bonds. The van der Waals surface area contributed by atoms with E-state index in [-0.39, 0.29) is 12.3 Å². The number of carbonyl (C=O) groups excluding carboxylic acids is 2. The van der Waals surface area contributed by atoms with Crippen LogP contribution in [0.4, 0.5) is 10.5 Å². The molecule has 0 saturated carbocycles. The summed E-state index contributed by atoms with van der Waals surface area (Å²) in [7, 11) is 1.28. The number of amides is 1. The first-order chi connectivity index (χ1) is 9.72. The molecule has 2 rings (SSSR count). The van der Waals surface area contributed by atoms with Crippen LogP contribution >= 0.6 is 0 Å². The summed E-state index contributed by atoms with van der Waals surface area (Å²) >= 11 is 0. The Labute approximate surface area is 116 Å². The molecule has 0 radical (unpaired) electrons. The number of aromatic nitrogens is 1. The fourth-order valence-corrected chi connectivity index (χ4v) is 1.73. The second-order valence-electron chi connectivity index (χ2n) is 4.03. The molecule has 20 heavy (non-hydrogen) atoms. The second kappa shape index (κ2) is 6.47. The van der Waals surface area contributed by atoms with Gasteiger partial charge in [-0.2, -0.15) is 0 Å². The lowest BCUT2D eigenvalue weighted by Crippen LogP contribution is -2.35. The Morgan fingerprint density at radius 1 is 1.10 bits per heavy atom. The first kappa shape index (κ1) is 13.7. The van der Waals surface area contributed by atoms with Crippen LogP contribution in [0.25, 0.3) is 0 Å². The number of ether oxygens (including phenoxy) is 1. The molecule has 0 atom stereocenters. The van der Waals surface area contributed by atoms with Crippen LogP contribution in [0, 0.1) is 0 Å². The number of carbonyl (C=O) groups is 2. The van der Waals surface area contributed by atoms with Crippen molar-refractivity contribution in [2.45, 2.75) is 0 Å². The zero-order valence-electron chi connectivity index (χ0n) is 11.0. The first-order valence-electron chi connectivity index (χ1n) is 6.07. The van der Waals surface area contributed by atoms with E-state index in [4.69, 9.17) is 4.74 Å². The highest BCUT2D eigenvalue weighted by atomic mass is 16.5. The molecule has 1 heterocycles. The van der Waals surface area contributed by atoms with Crippen molar-refractivity contribution in [3.63, 3.8) is 0 Å². The van der Waals surface area contributed by atoms with E-state index in [1.807, 2.05) is 6.07 Å². The molecular weight excluding hydrogens is 256 g/mol. The van der Waals surface area contributed by atoms with Crippen LogP contribution in [-0.2, 0) is 4.74 Å². The highest BCUT2D eigenvalue weighted by Crippen LogP contribution is 2.15. The minimum absolute atomic E-state index is 0.117. The number of benzene rings is 1. The van der Waals surface area contributed by atoms with Gasteiger partial charge in [0.1, 0.15) is 5.69 Å². The van der Waals surface area contributed by atoms with Gasteiger partial charge < -0.3 is 4.74 Å². The monoisotopic (exact) mass is 270 g/mol. The Bertz CT molecular complexity index is 585. The predicted octanol–water partition coefficient (Wildman–Crippen LogP) is 2.54. The van der Waals surface area contributed by atoms with Gasteiger partial charge in [-0.05, 0) is 24.3 Å². The highest BCUT2D eigenvalue weighted by Gasteiger charge is 2.20. The van der Waals surface area contributed by atoms with Crippen LogP contribution in [-0.4, -0.2) is 30.5 Å². The van der Waals surface area contributed by atoms with Crippen molar-refractivity contribution >= 4 is 17.6 Å². The number of pyridine rings is 1. The second-order valence-corrected chi connectivity index (χ2v) is 4.03. The number of hydrogen-bond donors (Lipinski definition) is 0. The summed E-state index contributed by atoms with van der Waals surface area (Å²) in [5.74, 6) is -0.250. The quantitative estimate of drug-likeness (QED) is 0.801. The summed E-state index contributed by atoms with van der Waals surface area (Å²) in [6.07, 6.45) is 0.957. The van der Waals surface area contributed by atoms with E-state index in [0.717, 1.165) is 0 Å². The van der Waals surface area contributed by atoms with Gasteiger partial charge in [0, 0.05) is 11.9 Å². The number of anilines is 1. The van der Waals surface area contributed by atoms with E-state index in [0.29, 0.717) is 11.4 Å². The number of ketones is 1. The molecule has 5 nitrogen and oxygen atoms in total. The van der Waals surface area contributed by atoms with E-state index in [1.54, 1.807) is 42.5 Å². The molecule has 0 aliphatic heterocycles. The average molecular weight is 270 g/mol. The van der Waals surface area contributed by atoms with Crippen molar-refractivity contribution in [3.8, 4) is 0 Å². The van der Waals surface area contributed by atoms with Crippen molar-refractivity contribution in [2.75, 3.05) is 18.6 Å². The van der Waals surface area contributed by atoms with E-state index < -0.39 is 6.09 Å². The topological polar surface area (TPSA) is 59.5 Å². The summed E-state index contributed by atoms with van der Waals surface area (Å²) in [4.78, 5) is 29.2. The molecule has 0 aliphatic rings. The van der Waals surface area contributed by atoms with Gasteiger partial charge in [-0.1, -0.05) is 24.3 Å². The number of rotatable bonds is 4. The molecule has 0 unspecified atom stereocenters. The maximum atomic E-state index is 12.1. The third kappa shape index (κ3) is 3.20. The lowest BCUT2D eigenvalue weighted by Gasteiger charge is -2.20. The standard InChI is InChI=1S/C15H14N2O3/c1-20-15(19)17(12-7-3-2-4-8-12)11-14(18)13-9-5-6-10-16-13/h2-10H,11H2,1H3. The maximum Gasteiger partial charge on any atom is 0.414 e. The molecule has 5 heteroatoms. The van der Waals surface area contributed by atoms with Gasteiger partial charge in [-0.3, -0.25) is 14.7 Å². The molecule has 0 aliphatic carbocycles. The Kier molecular flexibility index (Phi) is 4.44. The zero-order valence-corrected chi connectivity index (χ0v) is 11.0. The van der Waals surface area contributed by atoms with Crippen LogP contribution in [0.5, 0.6) is 0 Å². The summed E-state index contributed by atoms with van der Waals surface area (Å²) < 4.78 is 4.72. The molecule has 0 saturated heterocycles. The van der Waals surface area contributed by atoms with E-state index >= 15 is 0 Å². The van der Waals surface area contributed by atoms with E-state index in [2.05, 4.69) is 4.98 Å². The summed E-state index contributed by atoms with van der Waals surface area (Å²) in [5, 5.41) is 0. The van der Waals surface area contributed by atoms with Gasteiger partial charge in [0.2, 0.25) is 5.78 Å². The number of para-hydroxylation sites is 1. The summed E-state index contributed by atoms with van der Waals surface area (Å²) in [6.45, 7) is -0.117. The van der Waals surface area contributed by atoms with Crippen molar-refractivity contribution in [1.29, 1.82) is 0 Å². The zero-order chi connectivity index (χ0) is 14.4. The van der Waals surface area contributed by atoms with Crippen LogP contribution in [0.2, 0.25) is 0 Å². The molecule has 0 bridgehead atoms. The van der Waals surface area contributed by atoms with E-state index in [9.17, 15) is 9.59 Å². The average Bonchev–Trinajstić information content (AvgIpc) is 2.53. The molecule has 1 aromatic carbocycles. The lowest BCUT2D eigenvalue weighted by molar-refractivity contribution is 0.0989. The molecule has 2 aromatic rings. The minimum atomic E-state index is -0.583. The SMILES string of the molecule is COC(=O)N(CC(=O)c1ccccn1)c1ccccc1. The van der Waals surface area contributed by atoms with Crippen LogP contribution < -0.4 is 4.90 Å². The maximum absolute atomic E-state index is 12.1. The fourth-order valence-electron chi connectivity index (χ4n) is 1.73. The highest BCUT2D eigenvalue weighted by molar-refractivity contribution is 6.02. The lowest BCUT2D eigenvalue weighted by atomic mass is 10.2. The van der Waals surface area contributed by atoms with Gasteiger partial charge in [0.05, 0.1) is 13.7 Å². The molecule has 0 N–H and O–H groups in total. The molecule has 0 spiro atoms. The largest absolute Gasteiger partial charge is 0.452 e. The summed E-state index contributed by atoms with van der Waals surface area (Å²) in [6, 6.07) is 14.0. The third-order valence-electron chi connectivity index (χ3n) is 2.72. The van der Waals surface area contributed by atoms with Gasteiger partial charge in [-0.15, -0.1) is 0 Å². The Morgan fingerprint density at radius 3 is 2.40 bits per heavy atom. The van der Waals surface area contributed by atoms with E-state index in [1.165, 1.54) is 18.2 Å².